The minimum absolute atomic E-state index is 0.237. The standard InChI is InChI=1S/C18H24F2N2O2/c1-10(11-6-5-7-14(19)15(11)20)21-16-12-8-22(9-13(12)16)17(23)24-18(2,3)4/h5-7,10,12-13,16,21H,8-9H2,1-4H3. The summed E-state index contributed by atoms with van der Waals surface area (Å²) in [6.07, 6.45) is -0.280. The molecule has 2 fully saturated rings. The second-order valence-corrected chi connectivity index (χ2v) is 7.77. The van der Waals surface area contributed by atoms with Gasteiger partial charge in [0, 0.05) is 30.7 Å². The van der Waals surface area contributed by atoms with E-state index in [-0.39, 0.29) is 18.2 Å². The fourth-order valence-electron chi connectivity index (χ4n) is 3.48. The average Bonchev–Trinajstić information content (AvgIpc) is 2.92. The Morgan fingerprint density at radius 1 is 1.29 bits per heavy atom. The van der Waals surface area contributed by atoms with Crippen LogP contribution in [0.4, 0.5) is 13.6 Å². The van der Waals surface area contributed by atoms with Crippen molar-refractivity contribution in [2.75, 3.05) is 13.1 Å². The Balaban J connectivity index is 1.53. The number of rotatable bonds is 3. The molecule has 3 rings (SSSR count). The van der Waals surface area contributed by atoms with Crippen molar-refractivity contribution < 1.29 is 18.3 Å². The number of piperidine rings is 1. The van der Waals surface area contributed by atoms with Gasteiger partial charge in [0.25, 0.3) is 0 Å². The first kappa shape index (κ1) is 17.1. The lowest BCUT2D eigenvalue weighted by Crippen LogP contribution is -2.39. The van der Waals surface area contributed by atoms with Crippen molar-refractivity contribution in [1.29, 1.82) is 0 Å². The summed E-state index contributed by atoms with van der Waals surface area (Å²) in [6, 6.07) is 4.20. The number of halogens is 2. The molecule has 1 amide bonds. The van der Waals surface area contributed by atoms with Crippen molar-refractivity contribution in [2.45, 2.75) is 45.4 Å². The van der Waals surface area contributed by atoms with Gasteiger partial charge in [0.05, 0.1) is 0 Å². The minimum atomic E-state index is -0.826. The lowest BCUT2D eigenvalue weighted by molar-refractivity contribution is 0.0268. The highest BCUT2D eigenvalue weighted by atomic mass is 19.2. The minimum Gasteiger partial charge on any atom is -0.444 e. The third-order valence-corrected chi connectivity index (χ3v) is 4.74. The fraction of sp³-hybridized carbons (Fsp3) is 0.611. The Hall–Kier alpha value is -1.69. The van der Waals surface area contributed by atoms with Gasteiger partial charge in [-0.2, -0.15) is 0 Å². The second-order valence-electron chi connectivity index (χ2n) is 7.77. The molecule has 1 heterocycles. The zero-order chi connectivity index (χ0) is 17.6. The summed E-state index contributed by atoms with van der Waals surface area (Å²) in [5, 5.41) is 3.36. The van der Waals surface area contributed by atoms with Crippen LogP contribution in [0.1, 0.15) is 39.3 Å². The molecule has 0 aromatic heterocycles. The number of ether oxygens (including phenoxy) is 1. The van der Waals surface area contributed by atoms with Crippen LogP contribution >= 0.6 is 0 Å². The number of benzene rings is 1. The van der Waals surface area contributed by atoms with E-state index in [0.717, 1.165) is 6.07 Å². The number of likely N-dealkylation sites (tertiary alicyclic amines) is 1. The molecule has 1 aliphatic heterocycles. The molecule has 3 atom stereocenters. The van der Waals surface area contributed by atoms with Crippen LogP contribution in [0.25, 0.3) is 0 Å². The maximum atomic E-state index is 13.9. The highest BCUT2D eigenvalue weighted by molar-refractivity contribution is 5.69. The third-order valence-electron chi connectivity index (χ3n) is 4.74. The zero-order valence-electron chi connectivity index (χ0n) is 14.5. The SMILES string of the molecule is CC(NC1C2CN(C(=O)OC(C)(C)C)CC21)c1cccc(F)c1F. The van der Waals surface area contributed by atoms with Crippen LogP contribution in [0.2, 0.25) is 0 Å². The number of nitrogens with one attached hydrogen (secondary N) is 1. The predicted octanol–water partition coefficient (Wildman–Crippen LogP) is 3.48. The van der Waals surface area contributed by atoms with Gasteiger partial charge in [-0.15, -0.1) is 0 Å². The lowest BCUT2D eigenvalue weighted by atomic mass is 10.1. The van der Waals surface area contributed by atoms with Gasteiger partial charge in [0.1, 0.15) is 5.60 Å². The number of nitrogens with zero attached hydrogens (tertiary/aromatic N) is 1. The molecule has 1 saturated heterocycles. The van der Waals surface area contributed by atoms with Crippen molar-refractivity contribution >= 4 is 6.09 Å². The molecule has 1 aliphatic carbocycles. The highest BCUT2D eigenvalue weighted by Crippen LogP contribution is 2.46. The van der Waals surface area contributed by atoms with Crippen LogP contribution in [0.3, 0.4) is 0 Å². The summed E-state index contributed by atoms with van der Waals surface area (Å²) in [5.41, 5.74) is -0.158. The maximum absolute atomic E-state index is 13.9. The lowest BCUT2D eigenvalue weighted by Gasteiger charge is -2.26. The van der Waals surface area contributed by atoms with Gasteiger partial charge in [-0.05, 0) is 45.6 Å². The van der Waals surface area contributed by atoms with Gasteiger partial charge in [0.15, 0.2) is 11.6 Å². The Morgan fingerprint density at radius 3 is 2.50 bits per heavy atom. The van der Waals surface area contributed by atoms with Gasteiger partial charge in [0.2, 0.25) is 0 Å². The number of carbonyl (C=O) groups is 1. The van der Waals surface area contributed by atoms with Gasteiger partial charge in [-0.25, -0.2) is 13.6 Å². The number of hydrogen-bond acceptors (Lipinski definition) is 3. The van der Waals surface area contributed by atoms with Crippen LogP contribution in [-0.2, 0) is 4.74 Å². The molecule has 4 nitrogen and oxygen atoms in total. The van der Waals surface area contributed by atoms with Crippen molar-refractivity contribution in [3.63, 3.8) is 0 Å². The van der Waals surface area contributed by atoms with E-state index in [1.54, 1.807) is 11.0 Å². The van der Waals surface area contributed by atoms with Crippen molar-refractivity contribution in [3.05, 3.63) is 35.4 Å². The van der Waals surface area contributed by atoms with E-state index in [9.17, 15) is 13.6 Å². The molecule has 0 radical (unpaired) electrons. The van der Waals surface area contributed by atoms with Crippen LogP contribution in [0.15, 0.2) is 18.2 Å². The number of carbonyl (C=O) groups excluding carboxylic acids is 1. The summed E-state index contributed by atoms with van der Waals surface area (Å²) in [4.78, 5) is 13.8. The smallest absolute Gasteiger partial charge is 0.410 e. The summed E-state index contributed by atoms with van der Waals surface area (Å²) >= 11 is 0. The number of amides is 1. The highest BCUT2D eigenvalue weighted by Gasteiger charge is 2.57. The average molecular weight is 338 g/mol. The van der Waals surface area contributed by atoms with Gasteiger partial charge in [-0.1, -0.05) is 12.1 Å². The molecule has 0 spiro atoms. The number of hydrogen-bond donors (Lipinski definition) is 1. The maximum Gasteiger partial charge on any atom is 0.410 e. The molecular formula is C18H24F2N2O2. The summed E-state index contributed by atoms with van der Waals surface area (Å²) in [7, 11) is 0. The van der Waals surface area contributed by atoms with Gasteiger partial charge < -0.3 is 15.0 Å². The van der Waals surface area contributed by atoms with E-state index < -0.39 is 17.2 Å². The molecule has 24 heavy (non-hydrogen) atoms. The van der Waals surface area contributed by atoms with Gasteiger partial charge >= 0.3 is 6.09 Å². The van der Waals surface area contributed by atoms with E-state index in [1.165, 1.54) is 6.07 Å². The first-order valence-electron chi connectivity index (χ1n) is 8.35. The third kappa shape index (κ3) is 3.38. The molecule has 1 aromatic carbocycles. The number of fused-ring (bicyclic) bond motifs is 1. The largest absolute Gasteiger partial charge is 0.444 e. The molecule has 2 aliphatic rings. The molecule has 1 N–H and O–H groups in total. The normalized spacial score (nSPS) is 26.9. The van der Waals surface area contributed by atoms with Crippen LogP contribution in [-0.4, -0.2) is 35.7 Å². The Labute approximate surface area is 141 Å². The zero-order valence-corrected chi connectivity index (χ0v) is 14.5. The van der Waals surface area contributed by atoms with E-state index in [4.69, 9.17) is 4.74 Å². The predicted molar refractivity (Wildman–Crippen MR) is 86.5 cm³/mol. The van der Waals surface area contributed by atoms with E-state index in [1.807, 2.05) is 27.7 Å². The second kappa shape index (κ2) is 5.99. The summed E-state index contributed by atoms with van der Waals surface area (Å²) < 4.78 is 32.6. The van der Waals surface area contributed by atoms with E-state index in [0.29, 0.717) is 30.5 Å². The molecule has 0 bridgehead atoms. The van der Waals surface area contributed by atoms with Crippen molar-refractivity contribution in [2.24, 2.45) is 11.8 Å². The molecule has 3 unspecified atom stereocenters. The van der Waals surface area contributed by atoms with E-state index >= 15 is 0 Å². The van der Waals surface area contributed by atoms with E-state index in [2.05, 4.69) is 5.32 Å². The Morgan fingerprint density at radius 2 is 1.92 bits per heavy atom. The monoisotopic (exact) mass is 338 g/mol. The van der Waals surface area contributed by atoms with Gasteiger partial charge in [-0.3, -0.25) is 0 Å². The Kier molecular flexibility index (Phi) is 4.28. The molecule has 1 aromatic rings. The molecule has 132 valence electrons. The van der Waals surface area contributed by atoms with Crippen LogP contribution in [0.5, 0.6) is 0 Å². The first-order chi connectivity index (χ1) is 11.2. The van der Waals surface area contributed by atoms with Crippen molar-refractivity contribution in [3.8, 4) is 0 Å². The Bertz CT molecular complexity index is 632. The van der Waals surface area contributed by atoms with Crippen LogP contribution in [0, 0.1) is 23.5 Å². The quantitative estimate of drug-likeness (QED) is 0.917. The molecule has 1 saturated carbocycles. The topological polar surface area (TPSA) is 41.6 Å². The first-order valence-corrected chi connectivity index (χ1v) is 8.35. The van der Waals surface area contributed by atoms with Crippen LogP contribution < -0.4 is 5.32 Å². The van der Waals surface area contributed by atoms with Crippen molar-refractivity contribution in [1.82, 2.24) is 10.2 Å². The summed E-state index contributed by atoms with van der Waals surface area (Å²) in [6.45, 7) is 8.67. The summed E-state index contributed by atoms with van der Waals surface area (Å²) in [5.74, 6) is -0.903. The fourth-order valence-corrected chi connectivity index (χ4v) is 3.48. The molecular weight excluding hydrogens is 314 g/mol. The molecule has 6 heteroatoms.